The van der Waals surface area contributed by atoms with Crippen LogP contribution in [-0.4, -0.2) is 10.1 Å². The predicted octanol–water partition coefficient (Wildman–Crippen LogP) is 4.49. The van der Waals surface area contributed by atoms with Crippen LogP contribution in [-0.2, 0) is 12.4 Å². The zero-order valence-electron chi connectivity index (χ0n) is 10.1. The van der Waals surface area contributed by atoms with Crippen molar-refractivity contribution >= 4 is 0 Å². The fourth-order valence-corrected chi connectivity index (χ4v) is 1.71. The van der Waals surface area contributed by atoms with Crippen LogP contribution < -0.4 is 0 Å². The molecule has 112 valence electrons. The number of hydrogen-bond acceptors (Lipinski definition) is 2. The topological polar surface area (TPSA) is 33.1 Å². The molecule has 0 fully saturated rings. The number of halogens is 6. The quantitative estimate of drug-likeness (QED) is 0.787. The highest BCUT2D eigenvalue weighted by molar-refractivity contribution is 5.68. The summed E-state index contributed by atoms with van der Waals surface area (Å²) in [5, 5.41) is 9.60. The molecule has 0 unspecified atom stereocenters. The van der Waals surface area contributed by atoms with E-state index in [2.05, 4.69) is 4.98 Å². The van der Waals surface area contributed by atoms with Gasteiger partial charge in [0.1, 0.15) is 11.3 Å². The molecule has 0 aliphatic heterocycles. The summed E-state index contributed by atoms with van der Waals surface area (Å²) in [6.07, 6.45) is -8.51. The smallest absolute Gasteiger partial charge is 0.420 e. The fraction of sp³-hybridized carbons (Fsp3) is 0.154. The van der Waals surface area contributed by atoms with Gasteiger partial charge >= 0.3 is 12.4 Å². The molecule has 2 nitrogen and oxygen atoms in total. The molecule has 0 bridgehead atoms. The van der Waals surface area contributed by atoms with E-state index in [1.807, 2.05) is 0 Å². The molecule has 1 N–H and O–H groups in total. The van der Waals surface area contributed by atoms with Crippen LogP contribution in [0, 0.1) is 0 Å². The molecule has 1 heterocycles. The van der Waals surface area contributed by atoms with Gasteiger partial charge in [-0.3, -0.25) is 4.98 Å². The number of aromatic nitrogens is 1. The summed E-state index contributed by atoms with van der Waals surface area (Å²) in [6, 6.07) is 3.90. The number of alkyl halides is 6. The summed E-state index contributed by atoms with van der Waals surface area (Å²) in [5.74, 6) is -1.12. The van der Waals surface area contributed by atoms with Crippen molar-refractivity contribution < 1.29 is 31.4 Å². The third-order valence-corrected chi connectivity index (χ3v) is 2.72. The normalized spacial score (nSPS) is 12.5. The maximum Gasteiger partial charge on any atom is 0.420 e. The number of hydrogen-bond donors (Lipinski definition) is 1. The minimum atomic E-state index is -4.78. The van der Waals surface area contributed by atoms with Gasteiger partial charge in [0.05, 0.1) is 5.56 Å². The van der Waals surface area contributed by atoms with Gasteiger partial charge in [-0.1, -0.05) is 12.1 Å². The summed E-state index contributed by atoms with van der Waals surface area (Å²) in [5.41, 5.74) is -2.73. The molecule has 1 aromatic heterocycles. The molecular weight excluding hydrogens is 300 g/mol. The van der Waals surface area contributed by atoms with Gasteiger partial charge in [-0.05, 0) is 18.2 Å². The van der Waals surface area contributed by atoms with Gasteiger partial charge in [-0.15, -0.1) is 0 Å². The van der Waals surface area contributed by atoms with Gasteiger partial charge in [0.15, 0.2) is 5.75 Å². The molecule has 0 saturated heterocycles. The lowest BCUT2D eigenvalue weighted by atomic mass is 10.1. The summed E-state index contributed by atoms with van der Waals surface area (Å²) >= 11 is 0. The largest absolute Gasteiger partial charge is 0.505 e. The summed E-state index contributed by atoms with van der Waals surface area (Å²) in [6.45, 7) is 0. The van der Waals surface area contributed by atoms with E-state index in [-0.39, 0.29) is 5.56 Å². The van der Waals surface area contributed by atoms with Crippen LogP contribution in [0.25, 0.3) is 11.3 Å². The highest BCUT2D eigenvalue weighted by atomic mass is 19.4. The minimum absolute atomic E-state index is 0.0494. The molecule has 1 aromatic carbocycles. The van der Waals surface area contributed by atoms with Gasteiger partial charge in [0.25, 0.3) is 0 Å². The number of benzene rings is 1. The minimum Gasteiger partial charge on any atom is -0.505 e. The third kappa shape index (κ3) is 3.09. The van der Waals surface area contributed by atoms with Gasteiger partial charge in [0, 0.05) is 11.8 Å². The second-order valence-electron chi connectivity index (χ2n) is 4.13. The predicted molar refractivity (Wildman–Crippen MR) is 61.3 cm³/mol. The number of pyridine rings is 1. The molecule has 8 heteroatoms. The Labute approximate surface area is 114 Å². The summed E-state index contributed by atoms with van der Waals surface area (Å²) in [7, 11) is 0. The SMILES string of the molecule is Oc1c(C(F)(F)F)ccnc1-c1ccc(C(F)(F)F)cc1. The maximum absolute atomic E-state index is 12.6. The van der Waals surface area contributed by atoms with Gasteiger partial charge in [-0.2, -0.15) is 26.3 Å². The Morgan fingerprint density at radius 2 is 1.38 bits per heavy atom. The highest BCUT2D eigenvalue weighted by Gasteiger charge is 2.35. The average Bonchev–Trinajstić information content (AvgIpc) is 2.37. The van der Waals surface area contributed by atoms with Crippen LogP contribution >= 0.6 is 0 Å². The van der Waals surface area contributed by atoms with Crippen LogP contribution in [0.3, 0.4) is 0 Å². The van der Waals surface area contributed by atoms with Crippen LogP contribution in [0.2, 0.25) is 0 Å². The van der Waals surface area contributed by atoms with Gasteiger partial charge < -0.3 is 5.11 Å². The lowest BCUT2D eigenvalue weighted by Gasteiger charge is -2.12. The van der Waals surface area contributed by atoms with Gasteiger partial charge in [-0.25, -0.2) is 0 Å². The van der Waals surface area contributed by atoms with Crippen molar-refractivity contribution in [3.63, 3.8) is 0 Å². The molecule has 21 heavy (non-hydrogen) atoms. The Hall–Kier alpha value is -2.25. The Morgan fingerprint density at radius 1 is 0.810 bits per heavy atom. The van der Waals surface area contributed by atoms with E-state index in [1.54, 1.807) is 0 Å². The Balaban J connectivity index is 2.48. The van der Waals surface area contributed by atoms with E-state index in [9.17, 15) is 31.4 Å². The van der Waals surface area contributed by atoms with Crippen molar-refractivity contribution in [2.45, 2.75) is 12.4 Å². The fourth-order valence-electron chi connectivity index (χ4n) is 1.71. The Morgan fingerprint density at radius 3 is 1.86 bits per heavy atom. The summed E-state index contributed by atoms with van der Waals surface area (Å²) < 4.78 is 75.1. The van der Waals surface area contributed by atoms with Crippen molar-refractivity contribution in [2.75, 3.05) is 0 Å². The molecule has 0 saturated carbocycles. The molecule has 0 amide bonds. The van der Waals surface area contributed by atoms with E-state index in [0.717, 1.165) is 18.3 Å². The van der Waals surface area contributed by atoms with Crippen molar-refractivity contribution in [3.8, 4) is 17.0 Å². The second kappa shape index (κ2) is 4.94. The molecule has 0 spiro atoms. The van der Waals surface area contributed by atoms with Crippen LogP contribution in [0.15, 0.2) is 36.5 Å². The van der Waals surface area contributed by atoms with Crippen LogP contribution in [0.4, 0.5) is 26.3 Å². The monoisotopic (exact) mass is 307 g/mol. The number of rotatable bonds is 1. The van der Waals surface area contributed by atoms with E-state index < -0.39 is 34.9 Å². The number of aromatic hydroxyl groups is 1. The molecule has 2 aromatic rings. The Kier molecular flexibility index (Phi) is 3.56. The van der Waals surface area contributed by atoms with E-state index in [0.29, 0.717) is 18.2 Å². The lowest BCUT2D eigenvalue weighted by molar-refractivity contribution is -0.139. The average molecular weight is 307 g/mol. The van der Waals surface area contributed by atoms with Crippen molar-refractivity contribution in [3.05, 3.63) is 47.7 Å². The van der Waals surface area contributed by atoms with Gasteiger partial charge in [0.2, 0.25) is 0 Å². The molecule has 0 atom stereocenters. The summed E-state index contributed by atoms with van der Waals surface area (Å²) in [4.78, 5) is 3.58. The first-order valence-electron chi connectivity index (χ1n) is 5.53. The zero-order chi connectivity index (χ0) is 15.8. The van der Waals surface area contributed by atoms with E-state index in [4.69, 9.17) is 0 Å². The second-order valence-corrected chi connectivity index (χ2v) is 4.13. The van der Waals surface area contributed by atoms with Crippen molar-refractivity contribution in [1.29, 1.82) is 0 Å². The standard InChI is InChI=1S/C13H7F6NO/c14-12(15,16)8-3-1-7(2-4-8)10-11(21)9(5-6-20-10)13(17,18)19/h1-6,21H. The third-order valence-electron chi connectivity index (χ3n) is 2.72. The van der Waals surface area contributed by atoms with E-state index in [1.165, 1.54) is 0 Å². The molecule has 0 aliphatic carbocycles. The zero-order valence-corrected chi connectivity index (χ0v) is 10.1. The first kappa shape index (κ1) is 15.1. The molecule has 2 rings (SSSR count). The maximum atomic E-state index is 12.6. The molecule has 0 radical (unpaired) electrons. The van der Waals surface area contributed by atoms with Crippen molar-refractivity contribution in [2.24, 2.45) is 0 Å². The van der Waals surface area contributed by atoms with Crippen LogP contribution in [0.1, 0.15) is 11.1 Å². The number of nitrogens with zero attached hydrogens (tertiary/aromatic N) is 1. The van der Waals surface area contributed by atoms with Crippen LogP contribution in [0.5, 0.6) is 5.75 Å². The Bertz CT molecular complexity index is 645. The molecular formula is C13H7F6NO. The lowest BCUT2D eigenvalue weighted by Crippen LogP contribution is -2.06. The molecule has 0 aliphatic rings. The first-order valence-corrected chi connectivity index (χ1v) is 5.53. The van der Waals surface area contributed by atoms with Crippen molar-refractivity contribution in [1.82, 2.24) is 4.98 Å². The first-order chi connectivity index (χ1) is 9.60. The highest BCUT2D eigenvalue weighted by Crippen LogP contribution is 2.40. The van der Waals surface area contributed by atoms with E-state index >= 15 is 0 Å².